The topological polar surface area (TPSA) is 0 Å². The largest absolute Gasteiger partial charge is 0.122 e. The molecule has 0 nitrogen and oxygen atoms in total. The highest BCUT2D eigenvalue weighted by atomic mass is 35.5. The van der Waals surface area contributed by atoms with Gasteiger partial charge in [0.1, 0.15) is 0 Å². The molecular formula is C15H23ClSi. The molecular weight excluding hydrogens is 244 g/mol. The summed E-state index contributed by atoms with van der Waals surface area (Å²) >= 11 is 6.22. The molecule has 0 amide bonds. The molecule has 0 saturated carbocycles. The number of halogens is 1. The maximum absolute atomic E-state index is 6.22. The quantitative estimate of drug-likeness (QED) is 0.518. The average molecular weight is 267 g/mol. The smallest absolute Gasteiger partial charge is 0.0744 e. The molecule has 17 heavy (non-hydrogen) atoms. The van der Waals surface area contributed by atoms with Gasteiger partial charge in [-0.15, -0.1) is 11.6 Å². The van der Waals surface area contributed by atoms with Crippen molar-refractivity contribution in [1.82, 2.24) is 0 Å². The van der Waals surface area contributed by atoms with Crippen molar-refractivity contribution in [2.24, 2.45) is 5.92 Å². The second kappa shape index (κ2) is 5.88. The number of hydrogen-bond donors (Lipinski definition) is 0. The van der Waals surface area contributed by atoms with Crippen LogP contribution in [0.25, 0.3) is 5.57 Å². The number of benzene rings is 1. The predicted molar refractivity (Wildman–Crippen MR) is 82.3 cm³/mol. The van der Waals surface area contributed by atoms with Crippen LogP contribution < -0.4 is 0 Å². The first-order valence-corrected chi connectivity index (χ1v) is 10.3. The second-order valence-electron chi connectivity index (χ2n) is 5.80. The summed E-state index contributed by atoms with van der Waals surface area (Å²) in [6.45, 7) is 11.6. The first-order valence-electron chi connectivity index (χ1n) is 6.22. The third kappa shape index (κ3) is 3.72. The van der Waals surface area contributed by atoms with Gasteiger partial charge in [0.25, 0.3) is 0 Å². The SMILES string of the molecule is CC(C)/C(=C(\CCl)[Si](C)(C)C)c1ccccc1. The molecule has 1 aromatic rings. The van der Waals surface area contributed by atoms with Crippen molar-refractivity contribution in [3.63, 3.8) is 0 Å². The van der Waals surface area contributed by atoms with Crippen LogP contribution in [0.1, 0.15) is 19.4 Å². The van der Waals surface area contributed by atoms with Gasteiger partial charge in [0.2, 0.25) is 0 Å². The van der Waals surface area contributed by atoms with Crippen molar-refractivity contribution in [3.05, 3.63) is 41.1 Å². The fourth-order valence-electron chi connectivity index (χ4n) is 2.15. The van der Waals surface area contributed by atoms with Crippen LogP contribution in [0, 0.1) is 5.92 Å². The highest BCUT2D eigenvalue weighted by Gasteiger charge is 2.24. The Morgan fingerprint density at radius 2 is 1.65 bits per heavy atom. The molecule has 0 aliphatic rings. The monoisotopic (exact) mass is 266 g/mol. The first kappa shape index (κ1) is 14.5. The molecule has 0 aromatic heterocycles. The molecule has 0 heterocycles. The first-order chi connectivity index (χ1) is 7.88. The summed E-state index contributed by atoms with van der Waals surface area (Å²) in [6, 6.07) is 10.7. The van der Waals surface area contributed by atoms with E-state index in [2.05, 4.69) is 63.8 Å². The Hall–Kier alpha value is -0.533. The molecule has 1 rings (SSSR count). The van der Waals surface area contributed by atoms with Gasteiger partial charge in [0, 0.05) is 5.88 Å². The minimum atomic E-state index is -1.35. The second-order valence-corrected chi connectivity index (χ2v) is 11.2. The molecule has 0 aliphatic heterocycles. The van der Waals surface area contributed by atoms with E-state index < -0.39 is 8.07 Å². The zero-order chi connectivity index (χ0) is 13.1. The van der Waals surface area contributed by atoms with Gasteiger partial charge in [-0.25, -0.2) is 0 Å². The van der Waals surface area contributed by atoms with E-state index in [1.165, 1.54) is 16.3 Å². The molecule has 0 atom stereocenters. The van der Waals surface area contributed by atoms with Gasteiger partial charge in [-0.05, 0) is 17.1 Å². The lowest BCUT2D eigenvalue weighted by Gasteiger charge is -2.26. The van der Waals surface area contributed by atoms with Crippen molar-refractivity contribution >= 4 is 25.2 Å². The van der Waals surface area contributed by atoms with E-state index in [0.29, 0.717) is 11.8 Å². The van der Waals surface area contributed by atoms with E-state index in [1.807, 2.05) is 0 Å². The third-order valence-corrected chi connectivity index (χ3v) is 5.77. The van der Waals surface area contributed by atoms with Crippen LogP contribution in [0.3, 0.4) is 0 Å². The molecule has 0 N–H and O–H groups in total. The Bertz CT molecular complexity index is 385. The van der Waals surface area contributed by atoms with Crippen molar-refractivity contribution in [2.75, 3.05) is 5.88 Å². The average Bonchev–Trinajstić information content (AvgIpc) is 2.24. The summed E-state index contributed by atoms with van der Waals surface area (Å²) < 4.78 is 0. The highest BCUT2D eigenvalue weighted by Crippen LogP contribution is 2.32. The molecule has 0 unspecified atom stereocenters. The molecule has 0 aliphatic carbocycles. The zero-order valence-electron chi connectivity index (χ0n) is 11.5. The zero-order valence-corrected chi connectivity index (χ0v) is 13.3. The van der Waals surface area contributed by atoms with E-state index in [0.717, 1.165) is 0 Å². The normalized spacial score (nSPS) is 13.8. The summed E-state index contributed by atoms with van der Waals surface area (Å²) in [5.41, 5.74) is 2.79. The highest BCUT2D eigenvalue weighted by molar-refractivity contribution is 6.84. The van der Waals surface area contributed by atoms with Crippen molar-refractivity contribution in [3.8, 4) is 0 Å². The van der Waals surface area contributed by atoms with Gasteiger partial charge in [-0.3, -0.25) is 0 Å². The summed E-state index contributed by atoms with van der Waals surface area (Å²) in [5.74, 6) is 1.19. The Kier molecular flexibility index (Phi) is 5.02. The molecule has 0 saturated heterocycles. The van der Waals surface area contributed by atoms with Crippen LogP contribution >= 0.6 is 11.6 Å². The van der Waals surface area contributed by atoms with Gasteiger partial charge in [0.15, 0.2) is 0 Å². The number of alkyl halides is 1. The van der Waals surface area contributed by atoms with Crippen LogP contribution in [-0.4, -0.2) is 14.0 Å². The lowest BCUT2D eigenvalue weighted by Crippen LogP contribution is -2.27. The standard InChI is InChI=1S/C15H23ClSi/c1-12(2)15(13-9-7-6-8-10-13)14(11-16)17(3,4)5/h6-10,12H,11H2,1-5H3/b15-14-. The number of allylic oxidation sites excluding steroid dienone is 2. The molecule has 94 valence electrons. The molecule has 0 spiro atoms. The van der Waals surface area contributed by atoms with Gasteiger partial charge < -0.3 is 0 Å². The molecule has 0 fully saturated rings. The van der Waals surface area contributed by atoms with E-state index in [9.17, 15) is 0 Å². The van der Waals surface area contributed by atoms with E-state index >= 15 is 0 Å². The van der Waals surface area contributed by atoms with E-state index in [-0.39, 0.29) is 0 Å². The summed E-state index contributed by atoms with van der Waals surface area (Å²) in [6.07, 6.45) is 0. The third-order valence-electron chi connectivity index (χ3n) is 3.03. The van der Waals surface area contributed by atoms with Crippen LogP contribution in [0.15, 0.2) is 35.5 Å². The lowest BCUT2D eigenvalue weighted by molar-refractivity contribution is 0.851. The Labute approximate surface area is 112 Å². The Balaban J connectivity index is 3.39. The Morgan fingerprint density at radius 1 is 1.12 bits per heavy atom. The van der Waals surface area contributed by atoms with Crippen LogP contribution in [0.4, 0.5) is 0 Å². The van der Waals surface area contributed by atoms with Gasteiger partial charge in [-0.2, -0.15) is 0 Å². The van der Waals surface area contributed by atoms with Gasteiger partial charge in [0.05, 0.1) is 8.07 Å². The van der Waals surface area contributed by atoms with Crippen molar-refractivity contribution < 1.29 is 0 Å². The summed E-state index contributed by atoms with van der Waals surface area (Å²) in [4.78, 5) is 0. The maximum Gasteiger partial charge on any atom is 0.0744 e. The van der Waals surface area contributed by atoms with E-state index in [1.54, 1.807) is 0 Å². The fourth-order valence-corrected chi connectivity index (χ4v) is 5.14. The summed E-state index contributed by atoms with van der Waals surface area (Å²) in [7, 11) is -1.35. The molecule has 0 radical (unpaired) electrons. The summed E-state index contributed by atoms with van der Waals surface area (Å²) in [5, 5.41) is 1.49. The van der Waals surface area contributed by atoms with Crippen LogP contribution in [0.5, 0.6) is 0 Å². The van der Waals surface area contributed by atoms with Gasteiger partial charge >= 0.3 is 0 Å². The fraction of sp³-hybridized carbons (Fsp3) is 0.467. The van der Waals surface area contributed by atoms with Crippen LogP contribution in [-0.2, 0) is 0 Å². The molecule has 1 aromatic carbocycles. The van der Waals surface area contributed by atoms with Crippen molar-refractivity contribution in [1.29, 1.82) is 0 Å². The number of hydrogen-bond acceptors (Lipinski definition) is 0. The van der Waals surface area contributed by atoms with E-state index in [4.69, 9.17) is 11.6 Å². The minimum Gasteiger partial charge on any atom is -0.122 e. The lowest BCUT2D eigenvalue weighted by atomic mass is 9.95. The number of rotatable bonds is 4. The minimum absolute atomic E-state index is 0.526. The Morgan fingerprint density at radius 3 is 2.00 bits per heavy atom. The maximum atomic E-state index is 6.22. The predicted octanol–water partition coefficient (Wildman–Crippen LogP) is 5.21. The molecule has 0 bridgehead atoms. The van der Waals surface area contributed by atoms with Crippen LogP contribution in [0.2, 0.25) is 19.6 Å². The van der Waals surface area contributed by atoms with Gasteiger partial charge in [-0.1, -0.05) is 69.0 Å². The molecule has 2 heteroatoms. The van der Waals surface area contributed by atoms with Crippen molar-refractivity contribution in [2.45, 2.75) is 33.5 Å².